The SMILES string of the molecule is CC(C)CNC(=O)[C@H]1Cn2ccnc2C2(CCN(C(=O)NCC3CCCCC3)CC2)O1. The van der Waals surface area contributed by atoms with Crippen molar-refractivity contribution in [2.45, 2.75) is 77.0 Å². The third-order valence-corrected chi connectivity index (χ3v) is 6.96. The van der Waals surface area contributed by atoms with Crippen molar-refractivity contribution in [3.63, 3.8) is 0 Å². The topological polar surface area (TPSA) is 88.5 Å². The van der Waals surface area contributed by atoms with Crippen molar-refractivity contribution in [2.24, 2.45) is 11.8 Å². The number of amides is 3. The van der Waals surface area contributed by atoms with Crippen LogP contribution in [0.25, 0.3) is 0 Å². The van der Waals surface area contributed by atoms with Crippen LogP contribution in [0, 0.1) is 11.8 Å². The Morgan fingerprint density at radius 1 is 1.19 bits per heavy atom. The standard InChI is InChI=1S/C23H37N5O3/c1-17(2)14-25-20(29)19-16-28-13-10-24-21(28)23(31-19)8-11-27(12-9-23)22(30)26-15-18-6-4-3-5-7-18/h10,13,17-19H,3-9,11-12,14-16H2,1-2H3,(H,25,29)(H,26,30)/t19-/m1/s1. The number of carbonyl (C=O) groups is 2. The smallest absolute Gasteiger partial charge is 0.317 e. The number of fused-ring (bicyclic) bond motifs is 2. The zero-order chi connectivity index (χ0) is 21.8. The van der Waals surface area contributed by atoms with E-state index in [1.165, 1.54) is 32.1 Å². The van der Waals surface area contributed by atoms with Gasteiger partial charge in [-0.25, -0.2) is 9.78 Å². The molecule has 1 aromatic rings. The molecule has 0 unspecified atom stereocenters. The van der Waals surface area contributed by atoms with Crippen LogP contribution >= 0.6 is 0 Å². The van der Waals surface area contributed by atoms with Gasteiger partial charge in [0, 0.05) is 51.4 Å². The molecule has 31 heavy (non-hydrogen) atoms. The third-order valence-electron chi connectivity index (χ3n) is 6.96. The Bertz CT molecular complexity index is 763. The number of aromatic nitrogens is 2. The fourth-order valence-corrected chi connectivity index (χ4v) is 5.10. The van der Waals surface area contributed by atoms with Gasteiger partial charge in [-0.3, -0.25) is 4.79 Å². The first-order valence-corrected chi connectivity index (χ1v) is 12.0. The van der Waals surface area contributed by atoms with Crippen LogP contribution in [0.15, 0.2) is 12.4 Å². The maximum Gasteiger partial charge on any atom is 0.317 e. The highest BCUT2D eigenvalue weighted by molar-refractivity contribution is 5.81. The summed E-state index contributed by atoms with van der Waals surface area (Å²) in [5.74, 6) is 1.82. The first-order valence-electron chi connectivity index (χ1n) is 12.0. The van der Waals surface area contributed by atoms with Crippen LogP contribution in [0.2, 0.25) is 0 Å². The van der Waals surface area contributed by atoms with Crippen LogP contribution in [0.1, 0.15) is 64.6 Å². The van der Waals surface area contributed by atoms with Crippen molar-refractivity contribution in [1.29, 1.82) is 0 Å². The molecule has 1 aromatic heterocycles. The molecule has 3 amide bonds. The molecular weight excluding hydrogens is 394 g/mol. The lowest BCUT2D eigenvalue weighted by Crippen LogP contribution is -2.56. The van der Waals surface area contributed by atoms with Crippen molar-refractivity contribution in [3.05, 3.63) is 18.2 Å². The van der Waals surface area contributed by atoms with E-state index >= 15 is 0 Å². The lowest BCUT2D eigenvalue weighted by molar-refractivity contribution is -0.171. The number of carbonyl (C=O) groups excluding carboxylic acids is 2. The number of nitrogens with one attached hydrogen (secondary N) is 2. The van der Waals surface area contributed by atoms with Gasteiger partial charge in [-0.2, -0.15) is 0 Å². The molecule has 0 radical (unpaired) electrons. The summed E-state index contributed by atoms with van der Waals surface area (Å²) in [5, 5.41) is 6.14. The Morgan fingerprint density at radius 2 is 1.94 bits per heavy atom. The molecule has 1 saturated carbocycles. The van der Waals surface area contributed by atoms with Gasteiger partial charge in [0.1, 0.15) is 11.4 Å². The Labute approximate surface area is 185 Å². The third kappa shape index (κ3) is 5.05. The zero-order valence-corrected chi connectivity index (χ0v) is 18.9. The van der Waals surface area contributed by atoms with Gasteiger partial charge in [0.15, 0.2) is 6.10 Å². The predicted octanol–water partition coefficient (Wildman–Crippen LogP) is 2.64. The number of hydrogen-bond acceptors (Lipinski definition) is 4. The fourth-order valence-electron chi connectivity index (χ4n) is 5.10. The van der Waals surface area contributed by atoms with Crippen LogP contribution in [0.5, 0.6) is 0 Å². The summed E-state index contributed by atoms with van der Waals surface area (Å²) < 4.78 is 8.47. The normalized spacial score (nSPS) is 23.6. The number of imidazole rings is 1. The van der Waals surface area contributed by atoms with E-state index in [0.29, 0.717) is 50.9 Å². The predicted molar refractivity (Wildman–Crippen MR) is 117 cm³/mol. The molecule has 8 nitrogen and oxygen atoms in total. The molecule has 0 bridgehead atoms. The molecule has 2 N–H and O–H groups in total. The molecular formula is C23H37N5O3. The average molecular weight is 432 g/mol. The second-order valence-electron chi connectivity index (χ2n) is 9.82. The largest absolute Gasteiger partial charge is 0.354 e. The number of nitrogens with zero attached hydrogens (tertiary/aromatic N) is 3. The number of likely N-dealkylation sites (tertiary alicyclic amines) is 1. The summed E-state index contributed by atoms with van der Waals surface area (Å²) in [6, 6.07) is 0.0193. The van der Waals surface area contributed by atoms with Crippen LogP contribution < -0.4 is 10.6 Å². The first kappa shape index (κ1) is 22.1. The minimum Gasteiger partial charge on any atom is -0.354 e. The Balaban J connectivity index is 1.35. The summed E-state index contributed by atoms with van der Waals surface area (Å²) in [6.45, 7) is 7.25. The number of hydrogen-bond donors (Lipinski definition) is 2. The van der Waals surface area contributed by atoms with Gasteiger partial charge in [0.25, 0.3) is 5.91 Å². The van der Waals surface area contributed by atoms with E-state index in [9.17, 15) is 9.59 Å². The van der Waals surface area contributed by atoms with E-state index in [1.807, 2.05) is 15.7 Å². The number of urea groups is 1. The molecule has 4 rings (SSSR count). The van der Waals surface area contributed by atoms with E-state index in [0.717, 1.165) is 12.4 Å². The molecule has 1 atom stereocenters. The van der Waals surface area contributed by atoms with Gasteiger partial charge in [0.2, 0.25) is 0 Å². The van der Waals surface area contributed by atoms with E-state index < -0.39 is 11.7 Å². The zero-order valence-electron chi connectivity index (χ0n) is 18.9. The maximum atomic E-state index is 12.7. The second kappa shape index (κ2) is 9.59. The molecule has 0 aromatic carbocycles. The van der Waals surface area contributed by atoms with E-state index in [4.69, 9.17) is 4.74 Å². The van der Waals surface area contributed by atoms with Gasteiger partial charge in [-0.05, 0) is 24.7 Å². The quantitative estimate of drug-likeness (QED) is 0.750. The first-order chi connectivity index (χ1) is 15.0. The Morgan fingerprint density at radius 3 is 2.65 bits per heavy atom. The monoisotopic (exact) mass is 431 g/mol. The number of ether oxygens (including phenoxy) is 1. The second-order valence-corrected chi connectivity index (χ2v) is 9.82. The van der Waals surface area contributed by atoms with Gasteiger partial charge >= 0.3 is 6.03 Å². The van der Waals surface area contributed by atoms with Crippen molar-refractivity contribution >= 4 is 11.9 Å². The summed E-state index contributed by atoms with van der Waals surface area (Å²) in [7, 11) is 0. The lowest BCUT2D eigenvalue weighted by atomic mass is 9.88. The molecule has 2 fully saturated rings. The highest BCUT2D eigenvalue weighted by Crippen LogP contribution is 2.40. The molecule has 1 spiro atoms. The van der Waals surface area contributed by atoms with Gasteiger partial charge in [-0.15, -0.1) is 0 Å². The Kier molecular flexibility index (Phi) is 6.84. The van der Waals surface area contributed by atoms with Crippen LogP contribution in [0.4, 0.5) is 4.79 Å². The molecule has 172 valence electrons. The molecule has 2 aliphatic heterocycles. The van der Waals surface area contributed by atoms with E-state index in [1.54, 1.807) is 6.20 Å². The van der Waals surface area contributed by atoms with Crippen molar-refractivity contribution in [1.82, 2.24) is 25.1 Å². The van der Waals surface area contributed by atoms with E-state index in [2.05, 4.69) is 29.5 Å². The molecule has 8 heteroatoms. The van der Waals surface area contributed by atoms with Gasteiger partial charge < -0.3 is 24.8 Å². The van der Waals surface area contributed by atoms with Crippen LogP contribution in [-0.2, 0) is 21.7 Å². The van der Waals surface area contributed by atoms with Gasteiger partial charge in [0.05, 0.1) is 6.54 Å². The van der Waals surface area contributed by atoms with Crippen molar-refractivity contribution in [2.75, 3.05) is 26.2 Å². The van der Waals surface area contributed by atoms with E-state index in [-0.39, 0.29) is 11.9 Å². The van der Waals surface area contributed by atoms with Crippen LogP contribution in [-0.4, -0.2) is 58.7 Å². The molecule has 1 saturated heterocycles. The summed E-state index contributed by atoms with van der Waals surface area (Å²) in [4.78, 5) is 31.9. The summed E-state index contributed by atoms with van der Waals surface area (Å²) in [6.07, 6.45) is 10.8. The highest BCUT2D eigenvalue weighted by Gasteiger charge is 2.47. The number of rotatable bonds is 5. The number of piperidine rings is 1. The van der Waals surface area contributed by atoms with Crippen molar-refractivity contribution in [3.8, 4) is 0 Å². The Hall–Kier alpha value is -2.09. The minimum absolute atomic E-state index is 0.0193. The van der Waals surface area contributed by atoms with Crippen molar-refractivity contribution < 1.29 is 14.3 Å². The summed E-state index contributed by atoms with van der Waals surface area (Å²) >= 11 is 0. The van der Waals surface area contributed by atoms with Crippen LogP contribution in [0.3, 0.4) is 0 Å². The summed E-state index contributed by atoms with van der Waals surface area (Å²) in [5.41, 5.74) is -0.609. The molecule has 1 aliphatic carbocycles. The maximum absolute atomic E-state index is 12.7. The lowest BCUT2D eigenvalue weighted by Gasteiger charge is -2.45. The highest BCUT2D eigenvalue weighted by atomic mass is 16.5. The average Bonchev–Trinajstić information content (AvgIpc) is 3.27. The van der Waals surface area contributed by atoms with Gasteiger partial charge in [-0.1, -0.05) is 33.1 Å². The molecule has 3 aliphatic rings. The minimum atomic E-state index is -0.609. The molecule has 3 heterocycles. The fraction of sp³-hybridized carbons (Fsp3) is 0.783.